The molecule has 1 unspecified atom stereocenters. The van der Waals surface area contributed by atoms with Gasteiger partial charge in [-0.2, -0.15) is 4.68 Å². The molecule has 1 aliphatic heterocycles. The van der Waals surface area contributed by atoms with Crippen molar-refractivity contribution in [1.82, 2.24) is 20.2 Å². The van der Waals surface area contributed by atoms with Crippen LogP contribution in [0.2, 0.25) is 0 Å². The van der Waals surface area contributed by atoms with Crippen molar-refractivity contribution in [2.24, 2.45) is 0 Å². The average molecular weight is 567 g/mol. The second kappa shape index (κ2) is 11.7. The first-order chi connectivity index (χ1) is 20.1. The van der Waals surface area contributed by atoms with Crippen LogP contribution in [0.25, 0.3) is 0 Å². The second-order valence-corrected chi connectivity index (χ2v) is 11.6. The Morgan fingerprint density at radius 2 is 1.76 bits per heavy atom. The molecule has 0 radical (unpaired) electrons. The van der Waals surface area contributed by atoms with E-state index in [9.17, 15) is 4.79 Å². The van der Waals surface area contributed by atoms with E-state index in [-0.39, 0.29) is 11.3 Å². The number of aromatic nitrogens is 4. The molecule has 1 amide bonds. The number of rotatable bonds is 8. The lowest BCUT2D eigenvalue weighted by atomic mass is 9.87. The van der Waals surface area contributed by atoms with Crippen molar-refractivity contribution in [3.05, 3.63) is 99.8 Å². The van der Waals surface area contributed by atoms with Crippen LogP contribution in [0.1, 0.15) is 68.5 Å². The van der Waals surface area contributed by atoms with Gasteiger partial charge < -0.3 is 20.1 Å². The van der Waals surface area contributed by atoms with Crippen LogP contribution in [0.15, 0.2) is 71.9 Å². The van der Waals surface area contributed by atoms with Crippen LogP contribution in [0, 0.1) is 13.8 Å². The van der Waals surface area contributed by atoms with Crippen LogP contribution < -0.4 is 20.1 Å². The number of hydrogen-bond donors (Lipinski definition) is 2. The second-order valence-electron chi connectivity index (χ2n) is 11.6. The summed E-state index contributed by atoms with van der Waals surface area (Å²) in [5, 5.41) is 18.5. The fourth-order valence-corrected chi connectivity index (χ4v) is 5.04. The predicted octanol–water partition coefficient (Wildman–Crippen LogP) is 6.49. The summed E-state index contributed by atoms with van der Waals surface area (Å²) in [6.07, 6.45) is 0. The fourth-order valence-electron chi connectivity index (χ4n) is 5.04. The minimum Gasteiger partial charge on any atom is -0.490 e. The first kappa shape index (κ1) is 28.9. The molecule has 9 heteroatoms. The first-order valence-electron chi connectivity index (χ1n) is 14.2. The first-order valence-corrected chi connectivity index (χ1v) is 14.2. The summed E-state index contributed by atoms with van der Waals surface area (Å²) in [6, 6.07) is 19.5. The van der Waals surface area contributed by atoms with Crippen LogP contribution in [0.3, 0.4) is 0 Å². The van der Waals surface area contributed by atoms with Crippen LogP contribution >= 0.6 is 0 Å². The molecular formula is C33H38N6O3. The topological polar surface area (TPSA) is 103 Å². The maximum Gasteiger partial charge on any atom is 0.255 e. The van der Waals surface area contributed by atoms with E-state index in [2.05, 4.69) is 71.2 Å². The number of allylic oxidation sites excluding steroid dienone is 1. The normalized spacial score (nSPS) is 14.7. The van der Waals surface area contributed by atoms with Gasteiger partial charge in [0.25, 0.3) is 5.91 Å². The molecule has 0 fully saturated rings. The maximum absolute atomic E-state index is 13.8. The van der Waals surface area contributed by atoms with Crippen LogP contribution in [-0.4, -0.2) is 32.7 Å². The minimum absolute atomic E-state index is 0.0902. The smallest absolute Gasteiger partial charge is 0.255 e. The summed E-state index contributed by atoms with van der Waals surface area (Å²) in [5.74, 6) is 1.42. The van der Waals surface area contributed by atoms with Crippen molar-refractivity contribution in [3.63, 3.8) is 0 Å². The van der Waals surface area contributed by atoms with Gasteiger partial charge in [0.15, 0.2) is 11.5 Å². The Hall–Kier alpha value is -4.66. The number of tetrazole rings is 1. The number of ether oxygens (including phenoxy) is 2. The highest BCUT2D eigenvalue weighted by atomic mass is 16.5. The van der Waals surface area contributed by atoms with E-state index in [4.69, 9.17) is 9.47 Å². The Morgan fingerprint density at radius 3 is 2.48 bits per heavy atom. The van der Waals surface area contributed by atoms with Gasteiger partial charge in [0, 0.05) is 11.4 Å². The van der Waals surface area contributed by atoms with Crippen molar-refractivity contribution in [2.75, 3.05) is 17.2 Å². The number of carbonyl (C=O) groups excluding carboxylic acids is 1. The third-order valence-electron chi connectivity index (χ3n) is 7.61. The van der Waals surface area contributed by atoms with Gasteiger partial charge in [-0.05, 0) is 89.6 Å². The van der Waals surface area contributed by atoms with Gasteiger partial charge in [-0.1, -0.05) is 68.3 Å². The third kappa shape index (κ3) is 5.86. The lowest BCUT2D eigenvalue weighted by molar-refractivity contribution is -0.113. The average Bonchev–Trinajstić information content (AvgIpc) is 3.42. The van der Waals surface area contributed by atoms with Crippen LogP contribution in [0.4, 0.5) is 11.6 Å². The van der Waals surface area contributed by atoms with Gasteiger partial charge >= 0.3 is 0 Å². The zero-order chi connectivity index (χ0) is 30.0. The van der Waals surface area contributed by atoms with Gasteiger partial charge in [-0.3, -0.25) is 4.79 Å². The number of benzene rings is 3. The summed E-state index contributed by atoms with van der Waals surface area (Å²) in [4.78, 5) is 13.8. The maximum atomic E-state index is 13.8. The monoisotopic (exact) mass is 566 g/mol. The fraction of sp³-hybridized carbons (Fsp3) is 0.333. The number of nitrogens with zero attached hydrogens (tertiary/aromatic N) is 4. The zero-order valence-electron chi connectivity index (χ0n) is 25.3. The number of fused-ring (bicyclic) bond motifs is 1. The lowest BCUT2D eigenvalue weighted by Gasteiger charge is -2.28. The van der Waals surface area contributed by atoms with E-state index in [0.717, 1.165) is 27.9 Å². The van der Waals surface area contributed by atoms with Gasteiger partial charge in [-0.15, -0.1) is 0 Å². The Bertz CT molecular complexity index is 1630. The van der Waals surface area contributed by atoms with E-state index in [1.54, 1.807) is 4.68 Å². The largest absolute Gasteiger partial charge is 0.490 e. The van der Waals surface area contributed by atoms with E-state index in [0.29, 0.717) is 41.9 Å². The van der Waals surface area contributed by atoms with Crippen molar-refractivity contribution in [1.29, 1.82) is 0 Å². The van der Waals surface area contributed by atoms with Gasteiger partial charge in [0.2, 0.25) is 5.95 Å². The highest BCUT2D eigenvalue weighted by molar-refractivity contribution is 6.06. The molecule has 1 atom stereocenters. The molecule has 0 spiro atoms. The molecule has 42 heavy (non-hydrogen) atoms. The number of nitrogens with one attached hydrogen (secondary N) is 2. The molecule has 1 aliphatic rings. The summed E-state index contributed by atoms with van der Waals surface area (Å²) < 4.78 is 13.9. The van der Waals surface area contributed by atoms with E-state index >= 15 is 0 Å². The van der Waals surface area contributed by atoms with Crippen LogP contribution in [-0.2, 0) is 16.8 Å². The van der Waals surface area contributed by atoms with E-state index in [1.165, 1.54) is 5.56 Å². The molecule has 0 aliphatic carbocycles. The molecule has 0 bridgehead atoms. The van der Waals surface area contributed by atoms with Crippen LogP contribution in [0.5, 0.6) is 11.5 Å². The molecule has 2 N–H and O–H groups in total. The Balaban J connectivity index is 1.46. The van der Waals surface area contributed by atoms with Crippen molar-refractivity contribution in [3.8, 4) is 11.5 Å². The molecule has 3 aromatic carbocycles. The molecule has 5 rings (SSSR count). The van der Waals surface area contributed by atoms with Crippen molar-refractivity contribution >= 4 is 17.5 Å². The molecule has 4 aromatic rings. The SMILES string of the molecule is CCOc1cc(C2C(C(=O)Nc3cccc(C)c3C)=C(C)Nc3nnnn32)ccc1OCc1ccc(C(C)(C)C)cc1. The molecule has 0 saturated heterocycles. The van der Waals surface area contributed by atoms with Crippen molar-refractivity contribution < 1.29 is 14.3 Å². The highest BCUT2D eigenvalue weighted by Crippen LogP contribution is 2.39. The molecule has 1 aromatic heterocycles. The quantitative estimate of drug-likeness (QED) is 0.251. The van der Waals surface area contributed by atoms with E-state index in [1.807, 2.05) is 64.1 Å². The molecule has 0 saturated carbocycles. The minimum atomic E-state index is -0.584. The summed E-state index contributed by atoms with van der Waals surface area (Å²) >= 11 is 0. The zero-order valence-corrected chi connectivity index (χ0v) is 25.3. The summed E-state index contributed by atoms with van der Waals surface area (Å²) in [5.41, 5.74) is 7.27. The van der Waals surface area contributed by atoms with Crippen molar-refractivity contribution in [2.45, 2.75) is 66.5 Å². The Morgan fingerprint density at radius 1 is 1.00 bits per heavy atom. The van der Waals surface area contributed by atoms with Gasteiger partial charge in [-0.25, -0.2) is 0 Å². The molecule has 9 nitrogen and oxygen atoms in total. The number of hydrogen-bond acceptors (Lipinski definition) is 7. The highest BCUT2D eigenvalue weighted by Gasteiger charge is 2.35. The number of amides is 1. The van der Waals surface area contributed by atoms with Gasteiger partial charge in [0.05, 0.1) is 12.2 Å². The molecular weight excluding hydrogens is 528 g/mol. The Labute approximate surface area is 246 Å². The number of anilines is 2. The predicted molar refractivity (Wildman–Crippen MR) is 164 cm³/mol. The number of carbonyl (C=O) groups is 1. The molecule has 2 heterocycles. The third-order valence-corrected chi connectivity index (χ3v) is 7.61. The Kier molecular flexibility index (Phi) is 8.02. The standard InChI is InChI=1S/C33H38N6O3/c1-8-41-28-18-24(14-17-27(28)42-19-23-12-15-25(16-13-23)33(5,6)7)30-29(22(4)34-32-36-37-38-39(30)32)31(40)35-26-11-9-10-20(2)21(26)3/h9-18,30H,8,19H2,1-7H3,(H,35,40)(H,34,36,38). The lowest BCUT2D eigenvalue weighted by Crippen LogP contribution is -2.31. The molecule has 218 valence electrons. The number of aryl methyl sites for hydroxylation is 1. The van der Waals surface area contributed by atoms with Gasteiger partial charge in [0.1, 0.15) is 12.6 Å². The van der Waals surface area contributed by atoms with E-state index < -0.39 is 6.04 Å². The summed E-state index contributed by atoms with van der Waals surface area (Å²) in [6.45, 7) is 15.3. The summed E-state index contributed by atoms with van der Waals surface area (Å²) in [7, 11) is 0.